The Balaban J connectivity index is 2.65. The third kappa shape index (κ3) is 8.06. The van der Waals surface area contributed by atoms with Crippen LogP contribution in [0.2, 0.25) is 0 Å². The number of ether oxygens (including phenoxy) is 1. The Hall–Kier alpha value is -1.79. The highest BCUT2D eigenvalue weighted by Gasteiger charge is 2.23. The lowest BCUT2D eigenvalue weighted by atomic mass is 10.0. The van der Waals surface area contributed by atoms with Crippen molar-refractivity contribution in [2.75, 3.05) is 20.2 Å². The van der Waals surface area contributed by atoms with Gasteiger partial charge in [0.1, 0.15) is 5.75 Å². The van der Waals surface area contributed by atoms with Gasteiger partial charge in [0.2, 0.25) is 0 Å². The Morgan fingerprint density at radius 1 is 1.19 bits per heavy atom. The molecule has 0 aliphatic carbocycles. The van der Waals surface area contributed by atoms with Gasteiger partial charge < -0.3 is 25.2 Å². The molecule has 0 saturated carbocycles. The van der Waals surface area contributed by atoms with E-state index in [0.717, 1.165) is 43.4 Å². The number of nitrogens with one attached hydrogen (secondary N) is 1. The van der Waals surface area contributed by atoms with Gasteiger partial charge >= 0.3 is 6.09 Å². The first-order valence-corrected chi connectivity index (χ1v) is 9.54. The minimum absolute atomic E-state index is 0.138. The highest BCUT2D eigenvalue weighted by atomic mass is 16.5. The summed E-state index contributed by atoms with van der Waals surface area (Å²) < 4.78 is 5.16. The van der Waals surface area contributed by atoms with E-state index >= 15 is 0 Å². The first kappa shape index (κ1) is 22.3. The number of rotatable bonds is 13. The summed E-state index contributed by atoms with van der Waals surface area (Å²) in [5.74, 6) is 0.810. The van der Waals surface area contributed by atoms with Crippen molar-refractivity contribution in [2.24, 2.45) is 0 Å². The monoisotopic (exact) mass is 366 g/mol. The van der Waals surface area contributed by atoms with E-state index in [4.69, 9.17) is 4.74 Å². The quantitative estimate of drug-likeness (QED) is 0.498. The van der Waals surface area contributed by atoms with Crippen molar-refractivity contribution >= 4 is 6.09 Å². The fraction of sp³-hybridized carbons (Fsp3) is 0.650. The number of aliphatic hydroxyl groups is 1. The molecular weight excluding hydrogens is 332 g/mol. The van der Waals surface area contributed by atoms with E-state index in [0.29, 0.717) is 13.1 Å². The van der Waals surface area contributed by atoms with Crippen molar-refractivity contribution in [1.82, 2.24) is 10.2 Å². The van der Waals surface area contributed by atoms with Crippen molar-refractivity contribution in [3.63, 3.8) is 0 Å². The maximum Gasteiger partial charge on any atom is 0.407 e. The average molecular weight is 367 g/mol. The van der Waals surface area contributed by atoms with Crippen LogP contribution in [0, 0.1) is 0 Å². The summed E-state index contributed by atoms with van der Waals surface area (Å²) in [5, 5.41) is 23.4. The molecule has 1 aromatic rings. The molecule has 26 heavy (non-hydrogen) atoms. The first-order chi connectivity index (χ1) is 12.5. The zero-order chi connectivity index (χ0) is 19.4. The van der Waals surface area contributed by atoms with Gasteiger partial charge in [0.05, 0.1) is 19.8 Å². The maximum absolute atomic E-state index is 11.4. The largest absolute Gasteiger partial charge is 0.497 e. The highest BCUT2D eigenvalue weighted by Crippen LogP contribution is 2.13. The van der Waals surface area contributed by atoms with Gasteiger partial charge in [0.15, 0.2) is 0 Å². The normalized spacial score (nSPS) is 13.2. The summed E-state index contributed by atoms with van der Waals surface area (Å²) in [6.07, 6.45) is 2.86. The molecule has 6 nitrogen and oxygen atoms in total. The molecule has 0 aliphatic heterocycles. The zero-order valence-electron chi connectivity index (χ0n) is 16.3. The van der Waals surface area contributed by atoms with Crippen LogP contribution in [0.1, 0.15) is 51.5 Å². The number of carbonyl (C=O) groups is 1. The molecule has 0 heterocycles. The second-order valence-corrected chi connectivity index (χ2v) is 6.63. The van der Waals surface area contributed by atoms with Gasteiger partial charge in [0.25, 0.3) is 0 Å². The van der Waals surface area contributed by atoms with Gasteiger partial charge in [0, 0.05) is 19.1 Å². The standard InChI is InChI=1S/C20H34N2O4/c1-4-6-8-18(19(23)15-22(20(24)25)13-7-5-2)21-14-16-9-11-17(26-3)12-10-16/h9-12,18-19,21,23H,4-8,13-15H2,1-3H3,(H,24,25). The Bertz CT molecular complexity index is 507. The van der Waals surface area contributed by atoms with Gasteiger partial charge in [-0.05, 0) is 30.5 Å². The summed E-state index contributed by atoms with van der Waals surface area (Å²) in [5.41, 5.74) is 1.10. The molecule has 6 heteroatoms. The number of hydrogen-bond acceptors (Lipinski definition) is 4. The van der Waals surface area contributed by atoms with Gasteiger partial charge in [-0.25, -0.2) is 4.79 Å². The Morgan fingerprint density at radius 2 is 1.85 bits per heavy atom. The Kier molecular flexibility index (Phi) is 10.7. The van der Waals surface area contributed by atoms with Crippen LogP contribution in [0.15, 0.2) is 24.3 Å². The van der Waals surface area contributed by atoms with E-state index < -0.39 is 12.2 Å². The predicted molar refractivity (Wildman–Crippen MR) is 104 cm³/mol. The van der Waals surface area contributed by atoms with Gasteiger partial charge in [-0.3, -0.25) is 0 Å². The molecule has 0 spiro atoms. The molecule has 0 bridgehead atoms. The fourth-order valence-electron chi connectivity index (χ4n) is 2.81. The molecule has 3 N–H and O–H groups in total. The molecule has 0 aromatic heterocycles. The van der Waals surface area contributed by atoms with Gasteiger partial charge in [-0.2, -0.15) is 0 Å². The van der Waals surface area contributed by atoms with Crippen LogP contribution in [0.5, 0.6) is 5.75 Å². The van der Waals surface area contributed by atoms with E-state index in [1.165, 1.54) is 4.90 Å². The van der Waals surface area contributed by atoms with E-state index in [9.17, 15) is 15.0 Å². The van der Waals surface area contributed by atoms with Crippen LogP contribution in [0.3, 0.4) is 0 Å². The first-order valence-electron chi connectivity index (χ1n) is 9.54. The Morgan fingerprint density at radius 3 is 2.38 bits per heavy atom. The van der Waals surface area contributed by atoms with Crippen molar-refractivity contribution < 1.29 is 19.7 Å². The summed E-state index contributed by atoms with van der Waals surface area (Å²) in [6.45, 7) is 5.35. The molecule has 1 aromatic carbocycles. The number of nitrogens with zero attached hydrogens (tertiary/aromatic N) is 1. The minimum Gasteiger partial charge on any atom is -0.497 e. The van der Waals surface area contributed by atoms with Crippen LogP contribution in [0.4, 0.5) is 4.79 Å². The third-order valence-corrected chi connectivity index (χ3v) is 4.52. The van der Waals surface area contributed by atoms with Crippen LogP contribution < -0.4 is 10.1 Å². The van der Waals surface area contributed by atoms with E-state index in [2.05, 4.69) is 12.2 Å². The number of methoxy groups -OCH3 is 1. The van der Waals surface area contributed by atoms with Gasteiger partial charge in [-0.15, -0.1) is 0 Å². The van der Waals surface area contributed by atoms with Crippen LogP contribution >= 0.6 is 0 Å². The molecule has 0 saturated heterocycles. The molecule has 0 radical (unpaired) electrons. The predicted octanol–water partition coefficient (Wildman–Crippen LogP) is 3.48. The van der Waals surface area contributed by atoms with Crippen LogP contribution in [-0.4, -0.2) is 53.6 Å². The molecule has 148 valence electrons. The number of unbranched alkanes of at least 4 members (excludes halogenated alkanes) is 2. The topological polar surface area (TPSA) is 82.0 Å². The molecule has 0 aliphatic rings. The molecule has 1 rings (SSSR count). The zero-order valence-corrected chi connectivity index (χ0v) is 16.3. The molecular formula is C20H34N2O4. The smallest absolute Gasteiger partial charge is 0.407 e. The minimum atomic E-state index is -0.970. The number of benzene rings is 1. The maximum atomic E-state index is 11.4. The van der Waals surface area contributed by atoms with Crippen molar-refractivity contribution in [1.29, 1.82) is 0 Å². The lowest BCUT2D eigenvalue weighted by Gasteiger charge is -2.29. The van der Waals surface area contributed by atoms with E-state index in [1.54, 1.807) is 7.11 Å². The second kappa shape index (κ2) is 12.5. The summed E-state index contributed by atoms with van der Waals surface area (Å²) in [6, 6.07) is 7.65. The fourth-order valence-corrected chi connectivity index (χ4v) is 2.81. The molecule has 0 fully saturated rings. The van der Waals surface area contributed by atoms with E-state index in [-0.39, 0.29) is 12.6 Å². The van der Waals surface area contributed by atoms with Crippen LogP contribution in [0.25, 0.3) is 0 Å². The number of aliphatic hydroxyl groups excluding tert-OH is 1. The van der Waals surface area contributed by atoms with Crippen LogP contribution in [-0.2, 0) is 6.54 Å². The lowest BCUT2D eigenvalue weighted by molar-refractivity contribution is 0.0696. The van der Waals surface area contributed by atoms with E-state index in [1.807, 2.05) is 31.2 Å². The van der Waals surface area contributed by atoms with Crippen molar-refractivity contribution in [3.05, 3.63) is 29.8 Å². The average Bonchev–Trinajstić information content (AvgIpc) is 2.65. The molecule has 2 unspecified atom stereocenters. The van der Waals surface area contributed by atoms with Crippen molar-refractivity contribution in [3.8, 4) is 5.75 Å². The summed E-state index contributed by atoms with van der Waals surface area (Å²) in [4.78, 5) is 12.7. The second-order valence-electron chi connectivity index (χ2n) is 6.63. The summed E-state index contributed by atoms with van der Waals surface area (Å²) >= 11 is 0. The molecule has 2 atom stereocenters. The SMILES string of the molecule is CCCCC(NCc1ccc(OC)cc1)C(O)CN(CCCC)C(=O)O. The van der Waals surface area contributed by atoms with Gasteiger partial charge in [-0.1, -0.05) is 45.2 Å². The number of amides is 1. The number of carboxylic acid groups (broad SMARTS) is 1. The highest BCUT2D eigenvalue weighted by molar-refractivity contribution is 5.64. The lowest BCUT2D eigenvalue weighted by Crippen LogP contribution is -2.47. The summed E-state index contributed by atoms with van der Waals surface area (Å²) in [7, 11) is 1.64. The third-order valence-electron chi connectivity index (χ3n) is 4.52. The Labute approximate surface area is 157 Å². The number of hydrogen-bond donors (Lipinski definition) is 3. The molecule has 1 amide bonds. The van der Waals surface area contributed by atoms with Crippen molar-refractivity contribution in [2.45, 2.75) is 64.6 Å².